The van der Waals surface area contributed by atoms with Gasteiger partial charge in [-0.3, -0.25) is 0 Å². The second-order valence-electron chi connectivity index (χ2n) is 6.24. The molecule has 0 fully saturated rings. The van der Waals surface area contributed by atoms with Gasteiger partial charge in [-0.1, -0.05) is 54.6 Å². The normalized spacial score (nSPS) is 19.1. The SMILES string of the molecule is O=C(O)C1=Cc2ccccc2OC1(c1ccc2ccccc2c1)C(F)(F)F. The van der Waals surface area contributed by atoms with Crippen LogP contribution in [0.25, 0.3) is 16.8 Å². The van der Waals surface area contributed by atoms with Crippen molar-refractivity contribution < 1.29 is 27.8 Å². The minimum atomic E-state index is -4.99. The van der Waals surface area contributed by atoms with Crippen molar-refractivity contribution in [3.05, 3.63) is 83.4 Å². The van der Waals surface area contributed by atoms with Gasteiger partial charge in [-0.15, -0.1) is 0 Å². The first-order chi connectivity index (χ1) is 12.8. The molecule has 3 nitrogen and oxygen atoms in total. The molecule has 1 unspecified atom stereocenters. The van der Waals surface area contributed by atoms with Crippen LogP contribution in [0, 0.1) is 0 Å². The van der Waals surface area contributed by atoms with E-state index in [1.54, 1.807) is 36.4 Å². The molecule has 1 aliphatic rings. The zero-order chi connectivity index (χ0) is 19.2. The molecule has 0 radical (unpaired) electrons. The Hall–Kier alpha value is -3.28. The molecule has 3 aromatic rings. The maximum Gasteiger partial charge on any atom is 0.437 e. The minimum absolute atomic E-state index is 0.0204. The lowest BCUT2D eigenvalue weighted by atomic mass is 9.81. The monoisotopic (exact) mass is 370 g/mol. The quantitative estimate of drug-likeness (QED) is 0.678. The van der Waals surface area contributed by atoms with Crippen molar-refractivity contribution in [1.82, 2.24) is 0 Å². The molecule has 3 aromatic carbocycles. The largest absolute Gasteiger partial charge is 0.478 e. The first kappa shape index (κ1) is 17.1. The van der Waals surface area contributed by atoms with Crippen molar-refractivity contribution in [3.63, 3.8) is 0 Å². The number of benzene rings is 3. The van der Waals surface area contributed by atoms with E-state index in [-0.39, 0.29) is 16.9 Å². The van der Waals surface area contributed by atoms with Gasteiger partial charge in [0.15, 0.2) is 0 Å². The van der Waals surface area contributed by atoms with Gasteiger partial charge in [0, 0.05) is 11.1 Å². The number of fused-ring (bicyclic) bond motifs is 2. The van der Waals surface area contributed by atoms with Gasteiger partial charge in [-0.25, -0.2) is 4.79 Å². The molecule has 136 valence electrons. The van der Waals surface area contributed by atoms with Crippen LogP contribution in [0.1, 0.15) is 11.1 Å². The van der Waals surface area contributed by atoms with Crippen LogP contribution in [-0.2, 0) is 10.4 Å². The van der Waals surface area contributed by atoms with Gasteiger partial charge in [-0.05, 0) is 29.0 Å². The summed E-state index contributed by atoms with van der Waals surface area (Å²) in [6.45, 7) is 0. The zero-order valence-corrected chi connectivity index (χ0v) is 13.8. The van der Waals surface area contributed by atoms with Crippen LogP contribution < -0.4 is 4.74 Å². The van der Waals surface area contributed by atoms with Gasteiger partial charge < -0.3 is 9.84 Å². The summed E-state index contributed by atoms with van der Waals surface area (Å²) in [6, 6.07) is 17.1. The molecular weight excluding hydrogens is 357 g/mol. The van der Waals surface area contributed by atoms with Crippen molar-refractivity contribution in [3.8, 4) is 5.75 Å². The topological polar surface area (TPSA) is 46.5 Å². The lowest BCUT2D eigenvalue weighted by Crippen LogP contribution is -2.52. The second kappa shape index (κ2) is 5.87. The average Bonchev–Trinajstić information content (AvgIpc) is 2.65. The fourth-order valence-corrected chi connectivity index (χ4v) is 3.38. The number of hydrogen-bond donors (Lipinski definition) is 1. The third-order valence-electron chi connectivity index (χ3n) is 4.65. The molecule has 0 aliphatic carbocycles. The first-order valence-corrected chi connectivity index (χ1v) is 8.12. The fourth-order valence-electron chi connectivity index (χ4n) is 3.38. The molecule has 1 atom stereocenters. The van der Waals surface area contributed by atoms with E-state index in [1.165, 1.54) is 30.3 Å². The predicted octanol–water partition coefficient (Wildman–Crippen LogP) is 5.16. The number of ether oxygens (including phenoxy) is 1. The van der Waals surface area contributed by atoms with E-state index < -0.39 is 23.3 Å². The highest BCUT2D eigenvalue weighted by atomic mass is 19.4. The number of hydrogen-bond acceptors (Lipinski definition) is 2. The molecule has 1 N–H and O–H groups in total. The second-order valence-corrected chi connectivity index (χ2v) is 6.24. The van der Waals surface area contributed by atoms with Crippen LogP contribution in [0.2, 0.25) is 0 Å². The summed E-state index contributed by atoms with van der Waals surface area (Å²) < 4.78 is 48.5. The van der Waals surface area contributed by atoms with E-state index in [1.807, 2.05) is 0 Å². The lowest BCUT2D eigenvalue weighted by molar-refractivity contribution is -0.240. The Kier molecular flexibility index (Phi) is 3.73. The number of rotatable bonds is 2. The number of carboxylic acids is 1. The summed E-state index contributed by atoms with van der Waals surface area (Å²) in [7, 11) is 0. The molecule has 1 heterocycles. The van der Waals surface area contributed by atoms with Gasteiger partial charge in [0.1, 0.15) is 5.75 Å². The van der Waals surface area contributed by atoms with Crippen LogP contribution >= 0.6 is 0 Å². The average molecular weight is 370 g/mol. The number of carbonyl (C=O) groups is 1. The van der Waals surface area contributed by atoms with E-state index in [4.69, 9.17) is 4.74 Å². The Morgan fingerprint density at radius 2 is 1.59 bits per heavy atom. The number of aliphatic carboxylic acids is 1. The van der Waals surface area contributed by atoms with E-state index in [2.05, 4.69) is 0 Å². The Morgan fingerprint density at radius 1 is 0.926 bits per heavy atom. The molecule has 0 saturated carbocycles. The minimum Gasteiger partial charge on any atom is -0.478 e. The number of carboxylic acid groups (broad SMARTS) is 1. The molecular formula is C21H13F3O3. The third kappa shape index (κ3) is 2.56. The predicted molar refractivity (Wildman–Crippen MR) is 94.4 cm³/mol. The molecule has 4 rings (SSSR count). The van der Waals surface area contributed by atoms with Gasteiger partial charge in [0.25, 0.3) is 5.60 Å². The number of halogens is 3. The smallest absolute Gasteiger partial charge is 0.437 e. The van der Waals surface area contributed by atoms with Crippen molar-refractivity contribution in [2.75, 3.05) is 0 Å². The molecule has 1 aliphatic heterocycles. The standard InChI is InChI=1S/C21H13F3O3/c22-21(23,24)20(16-10-9-13-5-1-2-6-14(13)11-16)17(19(25)26)12-15-7-3-4-8-18(15)27-20/h1-12H,(H,25,26). The summed E-state index contributed by atoms with van der Waals surface area (Å²) in [5.74, 6) is -1.71. The molecule has 6 heteroatoms. The van der Waals surface area contributed by atoms with Crippen LogP contribution in [0.3, 0.4) is 0 Å². The maximum absolute atomic E-state index is 14.4. The van der Waals surface area contributed by atoms with E-state index in [0.29, 0.717) is 5.39 Å². The molecule has 0 amide bonds. The maximum atomic E-state index is 14.4. The van der Waals surface area contributed by atoms with Crippen LogP contribution in [0.4, 0.5) is 13.2 Å². The highest BCUT2D eigenvalue weighted by Crippen LogP contribution is 2.52. The molecule has 27 heavy (non-hydrogen) atoms. The zero-order valence-electron chi connectivity index (χ0n) is 13.8. The van der Waals surface area contributed by atoms with Crippen LogP contribution in [0.15, 0.2) is 72.3 Å². The van der Waals surface area contributed by atoms with Crippen molar-refractivity contribution in [1.29, 1.82) is 0 Å². The van der Waals surface area contributed by atoms with Crippen LogP contribution in [0.5, 0.6) is 5.75 Å². The third-order valence-corrected chi connectivity index (χ3v) is 4.65. The van der Waals surface area contributed by atoms with Crippen molar-refractivity contribution in [2.24, 2.45) is 0 Å². The number of para-hydroxylation sites is 1. The Bertz CT molecular complexity index is 1090. The summed E-state index contributed by atoms with van der Waals surface area (Å²) in [5.41, 5.74) is -3.96. The van der Waals surface area contributed by atoms with E-state index in [9.17, 15) is 23.1 Å². The summed E-state index contributed by atoms with van der Waals surface area (Å²) >= 11 is 0. The Morgan fingerprint density at radius 3 is 2.30 bits per heavy atom. The molecule has 0 bridgehead atoms. The van der Waals surface area contributed by atoms with Gasteiger partial charge in [0.05, 0.1) is 5.57 Å². The lowest BCUT2D eigenvalue weighted by Gasteiger charge is -2.39. The molecule has 0 spiro atoms. The van der Waals surface area contributed by atoms with Gasteiger partial charge in [-0.2, -0.15) is 13.2 Å². The summed E-state index contributed by atoms with van der Waals surface area (Å²) in [6.07, 6.45) is -3.96. The highest BCUT2D eigenvalue weighted by molar-refractivity contribution is 5.97. The van der Waals surface area contributed by atoms with Crippen LogP contribution in [-0.4, -0.2) is 17.3 Å². The number of alkyl halides is 3. The van der Waals surface area contributed by atoms with E-state index in [0.717, 1.165) is 11.5 Å². The Balaban J connectivity index is 2.04. The Labute approximate surface area is 152 Å². The van der Waals surface area contributed by atoms with Crippen molar-refractivity contribution >= 4 is 22.8 Å². The van der Waals surface area contributed by atoms with Gasteiger partial charge in [0.2, 0.25) is 0 Å². The van der Waals surface area contributed by atoms with Gasteiger partial charge >= 0.3 is 12.1 Å². The summed E-state index contributed by atoms with van der Waals surface area (Å²) in [5, 5.41) is 10.9. The van der Waals surface area contributed by atoms with E-state index >= 15 is 0 Å². The summed E-state index contributed by atoms with van der Waals surface area (Å²) in [4.78, 5) is 11.8. The fraction of sp³-hybridized carbons (Fsp3) is 0.0952. The van der Waals surface area contributed by atoms with Crippen molar-refractivity contribution in [2.45, 2.75) is 11.8 Å². The highest BCUT2D eigenvalue weighted by Gasteiger charge is 2.64. The first-order valence-electron chi connectivity index (χ1n) is 8.12. The molecule has 0 aromatic heterocycles. The molecule has 0 saturated heterocycles.